The number of H-pyrrole nitrogens is 2. The number of nitrogens with one attached hydrogen (secondary N) is 2. The number of imidazole rings is 1. The molecule has 2 aromatic rings. The Morgan fingerprint density at radius 2 is 1.81 bits per heavy atom. The van der Waals surface area contributed by atoms with Crippen molar-refractivity contribution in [2.24, 2.45) is 0 Å². The third-order valence-electron chi connectivity index (χ3n) is 2.28. The van der Waals surface area contributed by atoms with E-state index >= 15 is 0 Å². The zero-order valence-electron chi connectivity index (χ0n) is 8.57. The van der Waals surface area contributed by atoms with Crippen LogP contribution < -0.4 is 5.69 Å². The average molecular weight is 218 g/mol. The maximum Gasteiger partial charge on any atom is 0.354 e. The van der Waals surface area contributed by atoms with Crippen LogP contribution in [0.3, 0.4) is 0 Å². The van der Waals surface area contributed by atoms with Crippen LogP contribution in [0.2, 0.25) is 0 Å². The van der Waals surface area contributed by atoms with Gasteiger partial charge in [-0.1, -0.05) is 29.8 Å². The normalized spacial score (nSPS) is 10.3. The summed E-state index contributed by atoms with van der Waals surface area (Å²) in [6.07, 6.45) is 0. The minimum absolute atomic E-state index is 0.117. The van der Waals surface area contributed by atoms with Crippen molar-refractivity contribution in [1.29, 1.82) is 0 Å². The second kappa shape index (κ2) is 3.69. The van der Waals surface area contributed by atoms with E-state index in [1.165, 1.54) is 0 Å². The summed E-state index contributed by atoms with van der Waals surface area (Å²) in [7, 11) is 0. The lowest BCUT2D eigenvalue weighted by molar-refractivity contribution is 0.0692. The molecule has 0 atom stereocenters. The molecule has 0 unspecified atom stereocenters. The first-order valence-electron chi connectivity index (χ1n) is 4.70. The molecule has 0 saturated carbocycles. The maximum atomic E-state index is 11.1. The van der Waals surface area contributed by atoms with Gasteiger partial charge in [0, 0.05) is 5.56 Å². The molecule has 0 aliphatic carbocycles. The Morgan fingerprint density at radius 1 is 1.19 bits per heavy atom. The fourth-order valence-electron chi connectivity index (χ4n) is 1.48. The fourth-order valence-corrected chi connectivity index (χ4v) is 1.48. The van der Waals surface area contributed by atoms with Crippen LogP contribution in [0.15, 0.2) is 29.1 Å². The highest BCUT2D eigenvalue weighted by Crippen LogP contribution is 2.19. The number of aromatic nitrogens is 2. The Bertz CT molecular complexity index is 578. The van der Waals surface area contributed by atoms with Crippen molar-refractivity contribution in [2.75, 3.05) is 0 Å². The van der Waals surface area contributed by atoms with Crippen molar-refractivity contribution >= 4 is 5.97 Å². The van der Waals surface area contributed by atoms with E-state index in [-0.39, 0.29) is 5.69 Å². The monoisotopic (exact) mass is 218 g/mol. The Hall–Kier alpha value is -2.30. The van der Waals surface area contributed by atoms with Crippen LogP contribution in [0.4, 0.5) is 0 Å². The van der Waals surface area contributed by atoms with E-state index in [0.29, 0.717) is 11.3 Å². The van der Waals surface area contributed by atoms with E-state index in [2.05, 4.69) is 9.97 Å². The molecule has 2 rings (SSSR count). The number of carboxylic acids is 1. The zero-order valence-corrected chi connectivity index (χ0v) is 8.57. The van der Waals surface area contributed by atoms with Crippen LogP contribution in [0.1, 0.15) is 16.1 Å². The molecule has 1 heterocycles. The number of aromatic amines is 2. The summed E-state index contributed by atoms with van der Waals surface area (Å²) in [5.74, 6) is -1.16. The average Bonchev–Trinajstić information content (AvgIpc) is 2.61. The van der Waals surface area contributed by atoms with Gasteiger partial charge in [-0.25, -0.2) is 9.59 Å². The first-order valence-corrected chi connectivity index (χ1v) is 4.70. The van der Waals surface area contributed by atoms with E-state index < -0.39 is 11.7 Å². The molecule has 5 heteroatoms. The summed E-state index contributed by atoms with van der Waals surface area (Å²) in [4.78, 5) is 26.7. The van der Waals surface area contributed by atoms with Crippen molar-refractivity contribution in [1.82, 2.24) is 9.97 Å². The maximum absolute atomic E-state index is 11.1. The molecule has 16 heavy (non-hydrogen) atoms. The summed E-state index contributed by atoms with van der Waals surface area (Å²) >= 11 is 0. The largest absolute Gasteiger partial charge is 0.477 e. The zero-order chi connectivity index (χ0) is 11.7. The molecule has 5 nitrogen and oxygen atoms in total. The number of benzene rings is 1. The van der Waals surface area contributed by atoms with Gasteiger partial charge in [0.2, 0.25) is 0 Å². The first-order chi connectivity index (χ1) is 7.58. The van der Waals surface area contributed by atoms with Gasteiger partial charge in [0.05, 0.1) is 5.69 Å². The number of hydrogen-bond acceptors (Lipinski definition) is 2. The molecular weight excluding hydrogens is 208 g/mol. The highest BCUT2D eigenvalue weighted by atomic mass is 16.4. The predicted octanol–water partition coefficient (Wildman–Crippen LogP) is 1.38. The first kappa shape index (κ1) is 10.2. The number of carboxylic acid groups (broad SMARTS) is 1. The molecule has 0 radical (unpaired) electrons. The molecule has 0 fully saturated rings. The smallest absolute Gasteiger partial charge is 0.354 e. The van der Waals surface area contributed by atoms with Crippen LogP contribution in [0, 0.1) is 6.92 Å². The van der Waals surface area contributed by atoms with E-state index in [0.717, 1.165) is 5.56 Å². The SMILES string of the molecule is Cc1ccc(-c2[nH]c(=O)[nH]c2C(=O)O)cc1. The summed E-state index contributed by atoms with van der Waals surface area (Å²) in [6.45, 7) is 1.93. The third kappa shape index (κ3) is 1.75. The molecule has 0 amide bonds. The van der Waals surface area contributed by atoms with E-state index in [1.807, 2.05) is 19.1 Å². The molecule has 0 saturated heterocycles. The fraction of sp³-hybridized carbons (Fsp3) is 0.0909. The second-order valence-electron chi connectivity index (χ2n) is 3.50. The van der Waals surface area contributed by atoms with Gasteiger partial charge in [0.25, 0.3) is 0 Å². The van der Waals surface area contributed by atoms with Crippen molar-refractivity contribution in [2.45, 2.75) is 6.92 Å². The number of aromatic carboxylic acids is 1. The third-order valence-corrected chi connectivity index (χ3v) is 2.28. The lowest BCUT2D eigenvalue weighted by atomic mass is 10.1. The molecule has 3 N–H and O–H groups in total. The van der Waals surface area contributed by atoms with Crippen LogP contribution in [-0.4, -0.2) is 21.0 Å². The molecule has 0 spiro atoms. The van der Waals surface area contributed by atoms with Crippen LogP contribution >= 0.6 is 0 Å². The Labute approximate surface area is 90.8 Å². The molecular formula is C11H10N2O3. The highest BCUT2D eigenvalue weighted by Gasteiger charge is 2.15. The van der Waals surface area contributed by atoms with Gasteiger partial charge in [-0.15, -0.1) is 0 Å². The second-order valence-corrected chi connectivity index (χ2v) is 3.50. The topological polar surface area (TPSA) is 86.0 Å². The Balaban J connectivity index is 2.59. The van der Waals surface area contributed by atoms with Crippen molar-refractivity contribution in [3.05, 3.63) is 46.0 Å². The number of aryl methyl sites for hydroxylation is 1. The number of hydrogen-bond donors (Lipinski definition) is 3. The standard InChI is InChI=1S/C11H10N2O3/c1-6-2-4-7(5-3-6)8-9(10(14)15)13-11(16)12-8/h2-5H,1H3,(H,14,15)(H2,12,13,16). The van der Waals surface area contributed by atoms with Gasteiger partial charge < -0.3 is 10.1 Å². The van der Waals surface area contributed by atoms with E-state index in [1.54, 1.807) is 12.1 Å². The van der Waals surface area contributed by atoms with Gasteiger partial charge in [-0.2, -0.15) is 0 Å². The summed E-state index contributed by atoms with van der Waals surface area (Å²) in [5, 5.41) is 8.90. The molecule has 0 bridgehead atoms. The molecule has 1 aromatic heterocycles. The lowest BCUT2D eigenvalue weighted by Gasteiger charge is -2.00. The molecule has 1 aromatic carbocycles. The number of rotatable bonds is 2. The molecule has 0 aliphatic heterocycles. The minimum Gasteiger partial charge on any atom is -0.477 e. The van der Waals surface area contributed by atoms with Gasteiger partial charge in [0.15, 0.2) is 5.69 Å². The quantitative estimate of drug-likeness (QED) is 0.711. The molecule has 82 valence electrons. The molecule has 0 aliphatic rings. The summed E-state index contributed by atoms with van der Waals surface area (Å²) in [5.41, 5.74) is 1.40. The predicted molar refractivity (Wildman–Crippen MR) is 58.5 cm³/mol. The van der Waals surface area contributed by atoms with Crippen LogP contribution in [0.5, 0.6) is 0 Å². The Kier molecular flexibility index (Phi) is 2.36. The van der Waals surface area contributed by atoms with Gasteiger partial charge >= 0.3 is 11.7 Å². The van der Waals surface area contributed by atoms with Crippen molar-refractivity contribution in [3.63, 3.8) is 0 Å². The van der Waals surface area contributed by atoms with E-state index in [4.69, 9.17) is 5.11 Å². The van der Waals surface area contributed by atoms with Gasteiger partial charge in [-0.05, 0) is 6.92 Å². The van der Waals surface area contributed by atoms with E-state index in [9.17, 15) is 9.59 Å². The highest BCUT2D eigenvalue weighted by molar-refractivity contribution is 5.92. The van der Waals surface area contributed by atoms with Crippen LogP contribution in [-0.2, 0) is 0 Å². The lowest BCUT2D eigenvalue weighted by Crippen LogP contribution is -2.03. The minimum atomic E-state index is -1.16. The van der Waals surface area contributed by atoms with Crippen molar-refractivity contribution < 1.29 is 9.90 Å². The number of carbonyl (C=O) groups is 1. The summed E-state index contributed by atoms with van der Waals surface area (Å²) in [6, 6.07) is 7.24. The van der Waals surface area contributed by atoms with Gasteiger partial charge in [-0.3, -0.25) is 4.98 Å². The van der Waals surface area contributed by atoms with Crippen LogP contribution in [0.25, 0.3) is 11.3 Å². The van der Waals surface area contributed by atoms with Gasteiger partial charge in [0.1, 0.15) is 0 Å². The van der Waals surface area contributed by atoms with Crippen molar-refractivity contribution in [3.8, 4) is 11.3 Å². The Morgan fingerprint density at radius 3 is 2.38 bits per heavy atom. The summed E-state index contributed by atoms with van der Waals surface area (Å²) < 4.78 is 0.